The number of oxazole rings is 1. The number of amides is 2. The van der Waals surface area contributed by atoms with Crippen LogP contribution in [0.5, 0.6) is 0 Å². The number of hydrogen-bond acceptors (Lipinski definition) is 6. The number of fused-ring (bicyclic) bond motifs is 1. The number of nitrogens with zero attached hydrogens (tertiary/aromatic N) is 1. The Balaban J connectivity index is 1.39. The van der Waals surface area contributed by atoms with E-state index < -0.39 is 15.9 Å². The average molecular weight is 503 g/mol. The third kappa shape index (κ3) is 5.17. The quantitative estimate of drug-likeness (QED) is 0.335. The minimum Gasteiger partial charge on any atom is -0.444 e. The summed E-state index contributed by atoms with van der Waals surface area (Å²) < 4.78 is 32.0. The summed E-state index contributed by atoms with van der Waals surface area (Å²) in [6.45, 7) is 3.42. The molecule has 0 aliphatic carbocycles. The average Bonchev–Trinajstić information content (AvgIpc) is 3.56. The molecule has 1 unspecified atom stereocenters. The Bertz CT molecular complexity index is 1490. The van der Waals surface area contributed by atoms with Crippen molar-refractivity contribution in [3.05, 3.63) is 101 Å². The smallest absolute Gasteiger partial charge is 0.319 e. The van der Waals surface area contributed by atoms with E-state index in [1.54, 1.807) is 6.07 Å². The van der Waals surface area contributed by atoms with Gasteiger partial charge in [-0.1, -0.05) is 48.5 Å². The highest BCUT2D eigenvalue weighted by Gasteiger charge is 2.22. The molecule has 1 atom stereocenters. The molecule has 184 valence electrons. The predicted octanol–water partition coefficient (Wildman–Crippen LogP) is 4.80. The van der Waals surface area contributed by atoms with Crippen molar-refractivity contribution in [2.45, 2.75) is 36.7 Å². The van der Waals surface area contributed by atoms with Crippen LogP contribution in [0.15, 0.2) is 88.5 Å². The second-order valence-corrected chi connectivity index (χ2v) is 10.7. The normalized spacial score (nSPS) is 13.7. The van der Waals surface area contributed by atoms with Crippen LogP contribution in [0.1, 0.15) is 35.2 Å². The molecular formula is C27H26N4O4S. The molecule has 0 bridgehead atoms. The van der Waals surface area contributed by atoms with Gasteiger partial charge in [0.25, 0.3) is 0 Å². The molecule has 2 heterocycles. The molecule has 0 saturated heterocycles. The standard InChI is InChI=1S/C27H26N4O4S/c1-18(20-5-3-2-4-6-20)30-27(32)31-25-10-9-23(14-24(25)26-29-11-12-35-26)36(33,34)17-19-7-8-21-15-28-16-22(21)13-19/h2-14,18,28H,15-17H2,1H3,(H2,30,31,32). The van der Waals surface area contributed by atoms with Gasteiger partial charge in [-0.2, -0.15) is 0 Å². The summed E-state index contributed by atoms with van der Waals surface area (Å²) in [5, 5.41) is 8.96. The second-order valence-electron chi connectivity index (χ2n) is 8.74. The number of anilines is 1. The van der Waals surface area contributed by atoms with Crippen LogP contribution < -0.4 is 16.0 Å². The second kappa shape index (κ2) is 9.96. The molecule has 2 amide bonds. The van der Waals surface area contributed by atoms with Crippen LogP contribution in [0.25, 0.3) is 11.5 Å². The first-order chi connectivity index (χ1) is 17.4. The molecule has 1 aliphatic rings. The summed E-state index contributed by atoms with van der Waals surface area (Å²) in [5.74, 6) is 0.0785. The van der Waals surface area contributed by atoms with E-state index >= 15 is 0 Å². The van der Waals surface area contributed by atoms with Crippen LogP contribution in [-0.4, -0.2) is 19.4 Å². The Morgan fingerprint density at radius 3 is 2.64 bits per heavy atom. The maximum atomic E-state index is 13.3. The molecule has 0 spiro atoms. The van der Waals surface area contributed by atoms with E-state index in [1.807, 2.05) is 55.5 Å². The topological polar surface area (TPSA) is 113 Å². The fourth-order valence-corrected chi connectivity index (χ4v) is 5.64. The van der Waals surface area contributed by atoms with Gasteiger partial charge < -0.3 is 20.4 Å². The third-order valence-electron chi connectivity index (χ3n) is 6.17. The first-order valence-corrected chi connectivity index (χ1v) is 13.2. The Morgan fingerprint density at radius 1 is 1.06 bits per heavy atom. The monoisotopic (exact) mass is 502 g/mol. The number of sulfone groups is 1. The summed E-state index contributed by atoms with van der Waals surface area (Å²) >= 11 is 0. The maximum Gasteiger partial charge on any atom is 0.319 e. The summed E-state index contributed by atoms with van der Waals surface area (Å²) in [6.07, 6.45) is 2.87. The van der Waals surface area contributed by atoms with Crippen LogP contribution in [0.2, 0.25) is 0 Å². The lowest BCUT2D eigenvalue weighted by Crippen LogP contribution is -2.31. The summed E-state index contributed by atoms with van der Waals surface area (Å²) in [5.41, 5.74) is 4.77. The van der Waals surface area contributed by atoms with Crippen LogP contribution in [-0.2, 0) is 28.7 Å². The van der Waals surface area contributed by atoms with E-state index in [1.165, 1.54) is 30.2 Å². The summed E-state index contributed by atoms with van der Waals surface area (Å²) in [6, 6.07) is 19.3. The van der Waals surface area contributed by atoms with Gasteiger partial charge >= 0.3 is 6.03 Å². The Hall–Kier alpha value is -3.95. The zero-order valence-corrected chi connectivity index (χ0v) is 20.5. The van der Waals surface area contributed by atoms with Crippen LogP contribution in [0.3, 0.4) is 0 Å². The largest absolute Gasteiger partial charge is 0.444 e. The van der Waals surface area contributed by atoms with Crippen molar-refractivity contribution < 1.29 is 17.6 Å². The van der Waals surface area contributed by atoms with Crippen molar-refractivity contribution in [3.63, 3.8) is 0 Å². The van der Waals surface area contributed by atoms with Crippen molar-refractivity contribution >= 4 is 21.6 Å². The van der Waals surface area contributed by atoms with Crippen molar-refractivity contribution in [2.75, 3.05) is 5.32 Å². The van der Waals surface area contributed by atoms with Gasteiger partial charge in [-0.25, -0.2) is 18.2 Å². The van der Waals surface area contributed by atoms with E-state index in [9.17, 15) is 13.2 Å². The zero-order valence-electron chi connectivity index (χ0n) is 19.7. The Labute approximate surface area is 209 Å². The minimum atomic E-state index is -3.66. The highest BCUT2D eigenvalue weighted by molar-refractivity contribution is 7.90. The highest BCUT2D eigenvalue weighted by atomic mass is 32.2. The molecule has 5 rings (SSSR count). The molecule has 9 heteroatoms. The van der Waals surface area contributed by atoms with Crippen LogP contribution in [0, 0.1) is 0 Å². The van der Waals surface area contributed by atoms with Crippen molar-refractivity contribution in [1.29, 1.82) is 0 Å². The fraction of sp³-hybridized carbons (Fsp3) is 0.185. The van der Waals surface area contributed by atoms with Gasteiger partial charge in [0.15, 0.2) is 9.84 Å². The number of carbonyl (C=O) groups excluding carboxylic acids is 1. The van der Waals surface area contributed by atoms with Crippen molar-refractivity contribution in [3.8, 4) is 11.5 Å². The zero-order chi connectivity index (χ0) is 25.1. The lowest BCUT2D eigenvalue weighted by molar-refractivity contribution is 0.249. The van der Waals surface area contributed by atoms with Gasteiger partial charge in [-0.3, -0.25) is 0 Å². The molecule has 3 N–H and O–H groups in total. The molecule has 1 aromatic heterocycles. The number of urea groups is 1. The van der Waals surface area contributed by atoms with E-state index in [-0.39, 0.29) is 22.6 Å². The summed E-state index contributed by atoms with van der Waals surface area (Å²) in [4.78, 5) is 17.0. The molecule has 0 saturated carbocycles. The molecule has 4 aromatic rings. The fourth-order valence-electron chi connectivity index (χ4n) is 4.28. The highest BCUT2D eigenvalue weighted by Crippen LogP contribution is 2.31. The SMILES string of the molecule is CC(NC(=O)Nc1ccc(S(=O)(=O)Cc2ccc3c(c2)CNC3)cc1-c1ncco1)c1ccccc1. The lowest BCUT2D eigenvalue weighted by atomic mass is 10.1. The number of rotatable bonds is 7. The van der Waals surface area contributed by atoms with E-state index in [0.29, 0.717) is 11.3 Å². The molecule has 8 nitrogen and oxygen atoms in total. The minimum absolute atomic E-state index is 0.123. The first kappa shape index (κ1) is 23.8. The van der Waals surface area contributed by atoms with E-state index in [4.69, 9.17) is 4.42 Å². The molecule has 1 aliphatic heterocycles. The molecule has 36 heavy (non-hydrogen) atoms. The van der Waals surface area contributed by atoms with Crippen LogP contribution >= 0.6 is 0 Å². The number of aromatic nitrogens is 1. The van der Waals surface area contributed by atoms with Gasteiger partial charge in [0, 0.05) is 13.1 Å². The van der Waals surface area contributed by atoms with Gasteiger partial charge in [0.2, 0.25) is 5.89 Å². The summed E-state index contributed by atoms with van der Waals surface area (Å²) in [7, 11) is -3.66. The third-order valence-corrected chi connectivity index (χ3v) is 7.85. The number of benzene rings is 3. The van der Waals surface area contributed by atoms with Crippen molar-refractivity contribution in [2.24, 2.45) is 0 Å². The number of nitrogens with one attached hydrogen (secondary N) is 3. The molecule has 0 radical (unpaired) electrons. The van der Waals surface area contributed by atoms with Crippen molar-refractivity contribution in [1.82, 2.24) is 15.6 Å². The molecule has 3 aromatic carbocycles. The van der Waals surface area contributed by atoms with Crippen LogP contribution in [0.4, 0.5) is 10.5 Å². The molecular weight excluding hydrogens is 476 g/mol. The van der Waals surface area contributed by atoms with E-state index in [2.05, 4.69) is 20.9 Å². The Morgan fingerprint density at radius 2 is 1.86 bits per heavy atom. The lowest BCUT2D eigenvalue weighted by Gasteiger charge is -2.16. The first-order valence-electron chi connectivity index (χ1n) is 11.6. The van der Waals surface area contributed by atoms with Gasteiger partial charge in [0.1, 0.15) is 6.26 Å². The number of hydrogen-bond donors (Lipinski definition) is 3. The van der Waals surface area contributed by atoms with Gasteiger partial charge in [-0.15, -0.1) is 0 Å². The molecule has 0 fully saturated rings. The predicted molar refractivity (Wildman–Crippen MR) is 137 cm³/mol. The maximum absolute atomic E-state index is 13.3. The number of carbonyl (C=O) groups is 1. The Kier molecular flexibility index (Phi) is 6.58. The van der Waals surface area contributed by atoms with E-state index in [0.717, 1.165) is 29.8 Å². The van der Waals surface area contributed by atoms with Gasteiger partial charge in [-0.05, 0) is 47.4 Å². The van der Waals surface area contributed by atoms with Gasteiger partial charge in [0.05, 0.1) is 34.1 Å².